The van der Waals surface area contributed by atoms with E-state index in [4.69, 9.17) is 23.1 Å². The lowest BCUT2D eigenvalue weighted by atomic mass is 10.2. The number of nitrogens with zero attached hydrogens (tertiary/aromatic N) is 1. The molecule has 2 aromatic carbocycles. The summed E-state index contributed by atoms with van der Waals surface area (Å²) < 4.78 is 0. The Morgan fingerprint density at radius 1 is 1.04 bits per heavy atom. The molecule has 128 valence electrons. The van der Waals surface area contributed by atoms with Gasteiger partial charge in [-0.3, -0.25) is 4.79 Å². The quantitative estimate of drug-likeness (QED) is 0.275. The van der Waals surface area contributed by atoms with E-state index in [1.165, 1.54) is 0 Å². The molecule has 2 aromatic rings. The van der Waals surface area contributed by atoms with Crippen molar-refractivity contribution in [1.29, 1.82) is 0 Å². The molecule has 1 amide bonds. The Labute approximate surface area is 150 Å². The molecule has 0 bridgehead atoms. The number of carbonyl (C=O) groups excluding carboxylic acids is 1. The van der Waals surface area contributed by atoms with E-state index in [1.54, 1.807) is 54.6 Å². The summed E-state index contributed by atoms with van der Waals surface area (Å²) in [5.41, 5.74) is 13.5. The molecule has 0 spiro atoms. The van der Waals surface area contributed by atoms with Gasteiger partial charge >= 0.3 is 0 Å². The maximum absolute atomic E-state index is 12.2. The number of hydrogen-bond donors (Lipinski definition) is 4. The Morgan fingerprint density at radius 3 is 2.12 bits per heavy atom. The first-order valence-electron chi connectivity index (χ1n) is 7.32. The lowest BCUT2D eigenvalue weighted by Gasteiger charge is -2.09. The van der Waals surface area contributed by atoms with Crippen LogP contribution in [0, 0.1) is 0 Å². The minimum Gasteiger partial charge on any atom is -0.399 e. The third kappa shape index (κ3) is 5.71. The van der Waals surface area contributed by atoms with Gasteiger partial charge in [-0.2, -0.15) is 0 Å². The molecule has 6 N–H and O–H groups in total. The minimum atomic E-state index is -0.215. The number of anilines is 3. The van der Waals surface area contributed by atoms with Crippen molar-refractivity contribution in [3.05, 3.63) is 77.6 Å². The minimum absolute atomic E-state index is 0.215. The lowest BCUT2D eigenvalue weighted by molar-refractivity contribution is 0.102. The fourth-order valence-electron chi connectivity index (χ4n) is 1.96. The standard InChI is InChI=1S/C18H18ClN5O/c1-12(19)10-17(22-11-20)23-15-6-8-16(9-7-15)24-18(25)13-2-4-14(21)5-3-13/h2-11,23H,1,21H2,(H2,20,22)(H,24,25)/b17-10+. The van der Waals surface area contributed by atoms with Gasteiger partial charge in [0, 0.05) is 27.7 Å². The zero-order valence-corrected chi connectivity index (χ0v) is 14.1. The van der Waals surface area contributed by atoms with Crippen molar-refractivity contribution in [3.63, 3.8) is 0 Å². The molecule has 6 nitrogen and oxygen atoms in total. The molecule has 0 heterocycles. The molecule has 0 aliphatic heterocycles. The van der Waals surface area contributed by atoms with Crippen LogP contribution in [-0.4, -0.2) is 12.2 Å². The average molecular weight is 356 g/mol. The van der Waals surface area contributed by atoms with Gasteiger partial charge < -0.3 is 22.1 Å². The van der Waals surface area contributed by atoms with E-state index in [1.807, 2.05) is 0 Å². The molecule has 2 rings (SSSR count). The van der Waals surface area contributed by atoms with Crippen molar-refractivity contribution < 1.29 is 4.79 Å². The van der Waals surface area contributed by atoms with Crippen LogP contribution in [0.25, 0.3) is 0 Å². The van der Waals surface area contributed by atoms with Crippen LogP contribution in [0.2, 0.25) is 0 Å². The van der Waals surface area contributed by atoms with E-state index >= 15 is 0 Å². The number of aliphatic imine (C=N–C) groups is 1. The molecule has 0 atom stereocenters. The van der Waals surface area contributed by atoms with E-state index < -0.39 is 0 Å². The number of rotatable bonds is 6. The first-order valence-corrected chi connectivity index (χ1v) is 7.70. The summed E-state index contributed by atoms with van der Waals surface area (Å²) in [6.07, 6.45) is 2.70. The highest BCUT2D eigenvalue weighted by Gasteiger charge is 2.06. The zero-order valence-electron chi connectivity index (χ0n) is 13.4. The second-order valence-corrected chi connectivity index (χ2v) is 5.52. The summed E-state index contributed by atoms with van der Waals surface area (Å²) >= 11 is 5.74. The van der Waals surface area contributed by atoms with Gasteiger partial charge in [0.25, 0.3) is 5.91 Å². The Bertz CT molecular complexity index is 810. The van der Waals surface area contributed by atoms with Crippen molar-refractivity contribution >= 4 is 40.9 Å². The maximum atomic E-state index is 12.2. The zero-order chi connectivity index (χ0) is 18.2. The highest BCUT2D eigenvalue weighted by Crippen LogP contribution is 2.17. The van der Waals surface area contributed by atoms with Gasteiger partial charge in [-0.25, -0.2) is 4.99 Å². The van der Waals surface area contributed by atoms with Gasteiger partial charge in [-0.15, -0.1) is 0 Å². The van der Waals surface area contributed by atoms with Crippen molar-refractivity contribution in [3.8, 4) is 0 Å². The summed E-state index contributed by atoms with van der Waals surface area (Å²) in [7, 11) is 0. The summed E-state index contributed by atoms with van der Waals surface area (Å²) in [6, 6.07) is 13.8. The highest BCUT2D eigenvalue weighted by molar-refractivity contribution is 6.30. The summed E-state index contributed by atoms with van der Waals surface area (Å²) in [5, 5.41) is 6.17. The molecule has 25 heavy (non-hydrogen) atoms. The second kappa shape index (κ2) is 8.56. The number of nitrogen functional groups attached to an aromatic ring is 1. The molecular formula is C18H18ClN5O. The topological polar surface area (TPSA) is 106 Å². The molecule has 7 heteroatoms. The molecular weight excluding hydrogens is 338 g/mol. The van der Waals surface area contributed by atoms with E-state index in [-0.39, 0.29) is 5.91 Å². The van der Waals surface area contributed by atoms with Gasteiger partial charge in [0.2, 0.25) is 0 Å². The number of allylic oxidation sites excluding steroid dienone is 2. The number of amides is 1. The van der Waals surface area contributed by atoms with Gasteiger partial charge in [-0.05, 0) is 54.6 Å². The van der Waals surface area contributed by atoms with Crippen LogP contribution in [-0.2, 0) is 0 Å². The lowest BCUT2D eigenvalue weighted by Crippen LogP contribution is -2.11. The van der Waals surface area contributed by atoms with Crippen LogP contribution in [0.15, 0.2) is 77.0 Å². The Kier molecular flexibility index (Phi) is 6.20. The van der Waals surface area contributed by atoms with Crippen molar-refractivity contribution in [2.75, 3.05) is 16.4 Å². The number of benzene rings is 2. The number of carbonyl (C=O) groups is 1. The number of hydrogen-bond acceptors (Lipinski definition) is 4. The molecule has 0 aliphatic carbocycles. The number of halogens is 1. The van der Waals surface area contributed by atoms with Crippen LogP contribution >= 0.6 is 11.6 Å². The Balaban J connectivity index is 2.05. The van der Waals surface area contributed by atoms with Gasteiger partial charge in [0.05, 0.1) is 6.34 Å². The average Bonchev–Trinajstić information content (AvgIpc) is 2.57. The Hall–Kier alpha value is -3.25. The predicted octanol–water partition coefficient (Wildman–Crippen LogP) is 3.51. The van der Waals surface area contributed by atoms with E-state index in [0.29, 0.717) is 27.8 Å². The van der Waals surface area contributed by atoms with Crippen LogP contribution < -0.4 is 22.1 Å². The van der Waals surface area contributed by atoms with E-state index in [2.05, 4.69) is 22.2 Å². The number of nitrogens with one attached hydrogen (secondary N) is 2. The SMILES string of the molecule is C=C(Cl)/C=C(\N=CN)Nc1ccc(NC(=O)c2ccc(N)cc2)cc1. The van der Waals surface area contributed by atoms with Gasteiger partial charge in [-0.1, -0.05) is 18.2 Å². The normalized spacial score (nSPS) is 11.3. The molecule has 0 fully saturated rings. The van der Waals surface area contributed by atoms with Crippen molar-refractivity contribution in [2.45, 2.75) is 0 Å². The third-order valence-electron chi connectivity index (χ3n) is 3.10. The highest BCUT2D eigenvalue weighted by atomic mass is 35.5. The number of nitrogens with two attached hydrogens (primary N) is 2. The van der Waals surface area contributed by atoms with Crippen LogP contribution in [0.5, 0.6) is 0 Å². The van der Waals surface area contributed by atoms with Crippen molar-refractivity contribution in [2.24, 2.45) is 10.7 Å². The predicted molar refractivity (Wildman–Crippen MR) is 105 cm³/mol. The fraction of sp³-hybridized carbons (Fsp3) is 0. The summed E-state index contributed by atoms with van der Waals surface area (Å²) in [5.74, 6) is 0.230. The molecule has 0 unspecified atom stereocenters. The molecule has 0 saturated heterocycles. The maximum Gasteiger partial charge on any atom is 0.255 e. The third-order valence-corrected chi connectivity index (χ3v) is 3.20. The van der Waals surface area contributed by atoms with Crippen molar-refractivity contribution in [1.82, 2.24) is 0 Å². The first kappa shape index (κ1) is 18.1. The smallest absolute Gasteiger partial charge is 0.255 e. The first-order chi connectivity index (χ1) is 12.0. The van der Waals surface area contributed by atoms with E-state index in [9.17, 15) is 4.79 Å². The van der Waals surface area contributed by atoms with Crippen LogP contribution in [0.3, 0.4) is 0 Å². The van der Waals surface area contributed by atoms with E-state index in [0.717, 1.165) is 12.0 Å². The Morgan fingerprint density at radius 2 is 1.60 bits per heavy atom. The molecule has 0 aromatic heterocycles. The fourth-order valence-corrected chi connectivity index (χ4v) is 2.06. The molecule has 0 radical (unpaired) electrons. The summed E-state index contributed by atoms with van der Waals surface area (Å²) in [4.78, 5) is 16.1. The molecule has 0 aliphatic rings. The monoisotopic (exact) mass is 355 g/mol. The van der Waals surface area contributed by atoms with Crippen LogP contribution in [0.4, 0.5) is 17.1 Å². The summed E-state index contributed by atoms with van der Waals surface area (Å²) in [6.45, 7) is 3.58. The van der Waals surface area contributed by atoms with Gasteiger partial charge in [0.15, 0.2) is 0 Å². The largest absolute Gasteiger partial charge is 0.399 e. The van der Waals surface area contributed by atoms with Gasteiger partial charge in [0.1, 0.15) is 5.82 Å². The molecule has 0 saturated carbocycles. The van der Waals surface area contributed by atoms with Crippen LogP contribution in [0.1, 0.15) is 10.4 Å². The second-order valence-electron chi connectivity index (χ2n) is 5.03.